The first-order valence-electron chi connectivity index (χ1n) is 9.19. The number of amides is 1. The molecule has 9 heteroatoms. The molecule has 7 nitrogen and oxygen atoms in total. The van der Waals surface area contributed by atoms with Gasteiger partial charge < -0.3 is 14.6 Å². The molecule has 1 N–H and O–H groups in total. The summed E-state index contributed by atoms with van der Waals surface area (Å²) in [7, 11) is 0. The molecule has 1 heterocycles. The smallest absolute Gasteiger partial charge is 0.306 e. The Kier molecular flexibility index (Phi) is 7.43. The van der Waals surface area contributed by atoms with E-state index in [1.54, 1.807) is 36.4 Å². The number of halogens is 2. The highest BCUT2D eigenvalue weighted by Gasteiger charge is 2.14. The molecule has 0 aliphatic rings. The van der Waals surface area contributed by atoms with Crippen LogP contribution < -0.4 is 5.32 Å². The van der Waals surface area contributed by atoms with E-state index in [-0.39, 0.29) is 25.5 Å². The Labute approximate surface area is 183 Å². The summed E-state index contributed by atoms with van der Waals surface area (Å²) in [4.78, 5) is 28.1. The van der Waals surface area contributed by atoms with Gasteiger partial charge in [-0.2, -0.15) is 4.98 Å². The van der Waals surface area contributed by atoms with Crippen molar-refractivity contribution >= 4 is 35.1 Å². The van der Waals surface area contributed by atoms with E-state index in [2.05, 4.69) is 15.5 Å². The molecule has 0 aliphatic heterocycles. The number of rotatable bonds is 8. The van der Waals surface area contributed by atoms with Gasteiger partial charge >= 0.3 is 5.97 Å². The first-order valence-corrected chi connectivity index (χ1v) is 9.95. The second-order valence-electron chi connectivity index (χ2n) is 6.52. The number of hydrogen-bond donors (Lipinski definition) is 1. The number of aryl methyl sites for hydroxylation is 1. The van der Waals surface area contributed by atoms with Crippen molar-refractivity contribution in [3.8, 4) is 11.4 Å². The van der Waals surface area contributed by atoms with Crippen molar-refractivity contribution < 1.29 is 18.8 Å². The summed E-state index contributed by atoms with van der Waals surface area (Å²) in [5, 5.41) is 7.87. The SMILES string of the molecule is CC(NC(=O)COC(=O)CCc1nc(-c2ccc(Cl)cc2)no1)c1ccc(Cl)cc1. The first kappa shape index (κ1) is 21.8. The van der Waals surface area contributed by atoms with Gasteiger partial charge in [0.2, 0.25) is 11.7 Å². The maximum Gasteiger partial charge on any atom is 0.306 e. The van der Waals surface area contributed by atoms with Gasteiger partial charge in [-0.3, -0.25) is 9.59 Å². The molecule has 2 aromatic carbocycles. The van der Waals surface area contributed by atoms with Crippen LogP contribution in [0.25, 0.3) is 11.4 Å². The molecule has 0 saturated heterocycles. The number of carbonyl (C=O) groups is 2. The van der Waals surface area contributed by atoms with Crippen molar-refractivity contribution in [2.45, 2.75) is 25.8 Å². The van der Waals surface area contributed by atoms with Crippen LogP contribution in [0.5, 0.6) is 0 Å². The summed E-state index contributed by atoms with van der Waals surface area (Å²) in [6, 6.07) is 13.9. The average Bonchev–Trinajstić information content (AvgIpc) is 3.21. The van der Waals surface area contributed by atoms with Crippen LogP contribution in [0.3, 0.4) is 0 Å². The van der Waals surface area contributed by atoms with Crippen LogP contribution in [0, 0.1) is 0 Å². The summed E-state index contributed by atoms with van der Waals surface area (Å²) >= 11 is 11.7. The van der Waals surface area contributed by atoms with Gasteiger partial charge in [-0.1, -0.05) is 40.5 Å². The molecule has 0 fully saturated rings. The van der Waals surface area contributed by atoms with E-state index in [1.807, 2.05) is 19.1 Å². The molecule has 0 bridgehead atoms. The first-order chi connectivity index (χ1) is 14.4. The van der Waals surface area contributed by atoms with Crippen molar-refractivity contribution in [1.29, 1.82) is 0 Å². The van der Waals surface area contributed by atoms with Crippen molar-refractivity contribution in [2.75, 3.05) is 6.61 Å². The van der Waals surface area contributed by atoms with E-state index in [0.29, 0.717) is 21.8 Å². The lowest BCUT2D eigenvalue weighted by Gasteiger charge is -2.14. The van der Waals surface area contributed by atoms with Crippen LogP contribution in [0.1, 0.15) is 30.8 Å². The average molecular weight is 448 g/mol. The Morgan fingerprint density at radius 3 is 2.37 bits per heavy atom. The van der Waals surface area contributed by atoms with Gasteiger partial charge in [-0.05, 0) is 48.9 Å². The fourth-order valence-corrected chi connectivity index (χ4v) is 2.87. The molecule has 1 atom stereocenters. The van der Waals surface area contributed by atoms with Crippen LogP contribution in [-0.4, -0.2) is 28.6 Å². The van der Waals surface area contributed by atoms with E-state index >= 15 is 0 Å². The van der Waals surface area contributed by atoms with E-state index in [0.717, 1.165) is 11.1 Å². The van der Waals surface area contributed by atoms with E-state index in [9.17, 15) is 9.59 Å². The highest BCUT2D eigenvalue weighted by molar-refractivity contribution is 6.30. The van der Waals surface area contributed by atoms with E-state index in [4.69, 9.17) is 32.5 Å². The topological polar surface area (TPSA) is 94.3 Å². The maximum absolute atomic E-state index is 12.0. The molecular weight excluding hydrogens is 429 g/mol. The summed E-state index contributed by atoms with van der Waals surface area (Å²) < 4.78 is 10.2. The third-order valence-corrected chi connectivity index (χ3v) is 4.73. The van der Waals surface area contributed by atoms with Gasteiger partial charge in [0.15, 0.2) is 6.61 Å². The van der Waals surface area contributed by atoms with Gasteiger partial charge in [-0.25, -0.2) is 0 Å². The monoisotopic (exact) mass is 447 g/mol. The normalized spacial score (nSPS) is 11.7. The van der Waals surface area contributed by atoms with Crippen molar-refractivity contribution in [1.82, 2.24) is 15.5 Å². The summed E-state index contributed by atoms with van der Waals surface area (Å²) in [6.45, 7) is 1.47. The van der Waals surface area contributed by atoms with Crippen LogP contribution in [0.15, 0.2) is 53.1 Å². The zero-order valence-electron chi connectivity index (χ0n) is 16.1. The number of nitrogens with one attached hydrogen (secondary N) is 1. The molecule has 3 aromatic rings. The number of esters is 1. The molecule has 1 amide bonds. The number of nitrogens with zero attached hydrogens (tertiary/aromatic N) is 2. The van der Waals surface area contributed by atoms with Gasteiger partial charge in [0, 0.05) is 22.0 Å². The molecule has 30 heavy (non-hydrogen) atoms. The third kappa shape index (κ3) is 6.30. The van der Waals surface area contributed by atoms with E-state index in [1.165, 1.54) is 0 Å². The Morgan fingerprint density at radius 1 is 1.07 bits per heavy atom. The fraction of sp³-hybridized carbons (Fsp3) is 0.238. The van der Waals surface area contributed by atoms with Gasteiger partial charge in [0.1, 0.15) is 0 Å². The zero-order valence-corrected chi connectivity index (χ0v) is 17.6. The van der Waals surface area contributed by atoms with Gasteiger partial charge in [0.05, 0.1) is 12.5 Å². The predicted molar refractivity (Wildman–Crippen MR) is 112 cm³/mol. The lowest BCUT2D eigenvalue weighted by molar-refractivity contribution is -0.148. The molecule has 0 spiro atoms. The van der Waals surface area contributed by atoms with Crippen molar-refractivity contribution in [3.63, 3.8) is 0 Å². The largest absolute Gasteiger partial charge is 0.456 e. The highest BCUT2D eigenvalue weighted by Crippen LogP contribution is 2.19. The van der Waals surface area contributed by atoms with Crippen molar-refractivity contribution in [3.05, 3.63) is 70.0 Å². The number of carbonyl (C=O) groups excluding carboxylic acids is 2. The third-order valence-electron chi connectivity index (χ3n) is 4.23. The Bertz CT molecular complexity index is 1000. The maximum atomic E-state index is 12.0. The quantitative estimate of drug-likeness (QED) is 0.514. The molecule has 0 radical (unpaired) electrons. The van der Waals surface area contributed by atoms with Gasteiger partial charge in [0.25, 0.3) is 5.91 Å². The van der Waals surface area contributed by atoms with Crippen LogP contribution in [0.2, 0.25) is 10.0 Å². The minimum atomic E-state index is -0.532. The Hall–Kier alpha value is -2.90. The standard InChI is InChI=1S/C21H19Cl2N3O4/c1-13(14-2-6-16(22)7-3-14)24-18(27)12-29-20(28)11-10-19-25-21(26-30-19)15-4-8-17(23)9-5-15/h2-9,13H,10-12H2,1H3,(H,24,27). The molecule has 0 saturated carbocycles. The zero-order chi connectivity index (χ0) is 21.5. The molecule has 1 aromatic heterocycles. The molecule has 0 aliphatic carbocycles. The lowest BCUT2D eigenvalue weighted by Crippen LogP contribution is -2.31. The molecule has 1 unspecified atom stereocenters. The second-order valence-corrected chi connectivity index (χ2v) is 7.39. The minimum absolute atomic E-state index is 0.0161. The molecule has 3 rings (SSSR count). The Balaban J connectivity index is 1.41. The minimum Gasteiger partial charge on any atom is -0.456 e. The summed E-state index contributed by atoms with van der Waals surface area (Å²) in [5.41, 5.74) is 1.65. The van der Waals surface area contributed by atoms with Crippen LogP contribution in [-0.2, 0) is 20.7 Å². The number of ether oxygens (including phenoxy) is 1. The Morgan fingerprint density at radius 2 is 1.70 bits per heavy atom. The number of hydrogen-bond acceptors (Lipinski definition) is 6. The van der Waals surface area contributed by atoms with Crippen LogP contribution >= 0.6 is 23.2 Å². The molecular formula is C21H19Cl2N3O4. The van der Waals surface area contributed by atoms with Crippen molar-refractivity contribution in [2.24, 2.45) is 0 Å². The van der Waals surface area contributed by atoms with Gasteiger partial charge in [-0.15, -0.1) is 0 Å². The van der Waals surface area contributed by atoms with E-state index < -0.39 is 11.9 Å². The number of aromatic nitrogens is 2. The predicted octanol–water partition coefficient (Wildman–Crippen LogP) is 4.40. The fourth-order valence-electron chi connectivity index (χ4n) is 2.62. The summed E-state index contributed by atoms with van der Waals surface area (Å²) in [5.74, 6) is -0.215. The number of benzene rings is 2. The summed E-state index contributed by atoms with van der Waals surface area (Å²) in [6.07, 6.45) is 0.227. The lowest BCUT2D eigenvalue weighted by atomic mass is 10.1. The second kappa shape index (κ2) is 10.2. The van der Waals surface area contributed by atoms with Crippen LogP contribution in [0.4, 0.5) is 0 Å². The molecule has 156 valence electrons. The highest BCUT2D eigenvalue weighted by atomic mass is 35.5.